The fraction of sp³-hybridized carbons (Fsp3) is 0.933. The first kappa shape index (κ1) is 13.9. The van der Waals surface area contributed by atoms with Gasteiger partial charge in [0, 0.05) is 12.6 Å². The Kier molecular flexibility index (Phi) is 5.04. The maximum absolute atomic E-state index is 11.7. The van der Waals surface area contributed by atoms with Crippen LogP contribution in [0.25, 0.3) is 0 Å². The molecule has 0 saturated heterocycles. The van der Waals surface area contributed by atoms with E-state index in [-0.39, 0.29) is 11.9 Å². The summed E-state index contributed by atoms with van der Waals surface area (Å²) in [4.78, 5) is 11.7. The van der Waals surface area contributed by atoms with E-state index < -0.39 is 0 Å². The summed E-state index contributed by atoms with van der Waals surface area (Å²) in [6, 6.07) is 0.511. The fourth-order valence-corrected chi connectivity index (χ4v) is 3.78. The second kappa shape index (κ2) is 6.55. The first-order chi connectivity index (χ1) is 8.70. The first-order valence-corrected chi connectivity index (χ1v) is 7.74. The van der Waals surface area contributed by atoms with Gasteiger partial charge in [-0.3, -0.25) is 4.79 Å². The summed E-state index contributed by atoms with van der Waals surface area (Å²) in [6.07, 6.45) is 9.62. The minimum absolute atomic E-state index is 0.0462. The van der Waals surface area contributed by atoms with Gasteiger partial charge in [-0.15, -0.1) is 0 Å². The molecule has 3 nitrogen and oxygen atoms in total. The van der Waals surface area contributed by atoms with Crippen LogP contribution < -0.4 is 10.6 Å². The zero-order valence-electron chi connectivity index (χ0n) is 11.9. The Morgan fingerprint density at radius 1 is 1.17 bits per heavy atom. The van der Waals surface area contributed by atoms with E-state index in [4.69, 9.17) is 0 Å². The number of amides is 1. The third-order valence-electron chi connectivity index (χ3n) is 4.77. The molecule has 2 N–H and O–H groups in total. The lowest BCUT2D eigenvalue weighted by Gasteiger charge is -2.40. The van der Waals surface area contributed by atoms with Crippen LogP contribution in [0.5, 0.6) is 0 Å². The number of likely N-dealkylation sites (N-methyl/N-ethyl adjacent to an activating group) is 1. The minimum atomic E-state index is -0.0462. The number of nitrogens with one attached hydrogen (secondary N) is 2. The highest BCUT2D eigenvalue weighted by atomic mass is 16.2. The van der Waals surface area contributed by atoms with E-state index in [0.717, 1.165) is 18.4 Å². The Balaban J connectivity index is 1.78. The highest BCUT2D eigenvalue weighted by Gasteiger charge is 2.32. The molecular formula is C15H28N2O. The second-order valence-corrected chi connectivity index (χ2v) is 6.10. The molecule has 2 aliphatic carbocycles. The molecule has 0 aromatic rings. The number of hydrogen-bond acceptors (Lipinski definition) is 2. The molecule has 1 amide bonds. The van der Waals surface area contributed by atoms with Crippen LogP contribution in [-0.4, -0.2) is 24.5 Å². The topological polar surface area (TPSA) is 41.1 Å². The van der Waals surface area contributed by atoms with Crippen molar-refractivity contribution in [2.75, 3.05) is 6.54 Å². The van der Waals surface area contributed by atoms with E-state index in [1.54, 1.807) is 0 Å². The lowest BCUT2D eigenvalue weighted by Crippen LogP contribution is -2.49. The third-order valence-corrected chi connectivity index (χ3v) is 4.77. The lowest BCUT2D eigenvalue weighted by molar-refractivity contribution is -0.123. The summed E-state index contributed by atoms with van der Waals surface area (Å²) < 4.78 is 0. The van der Waals surface area contributed by atoms with Crippen LogP contribution in [0.3, 0.4) is 0 Å². The van der Waals surface area contributed by atoms with Gasteiger partial charge >= 0.3 is 0 Å². The van der Waals surface area contributed by atoms with Gasteiger partial charge in [-0.05, 0) is 44.9 Å². The summed E-state index contributed by atoms with van der Waals surface area (Å²) in [6.45, 7) is 4.68. The molecule has 18 heavy (non-hydrogen) atoms. The van der Waals surface area contributed by atoms with Crippen molar-refractivity contribution in [3.63, 3.8) is 0 Å². The van der Waals surface area contributed by atoms with E-state index in [1.165, 1.54) is 44.9 Å². The lowest BCUT2D eigenvalue weighted by atomic mass is 9.69. The van der Waals surface area contributed by atoms with Crippen molar-refractivity contribution < 1.29 is 4.79 Å². The smallest absolute Gasteiger partial charge is 0.236 e. The summed E-state index contributed by atoms with van der Waals surface area (Å²) >= 11 is 0. The monoisotopic (exact) mass is 252 g/mol. The molecule has 0 bridgehead atoms. The number of hydrogen-bond donors (Lipinski definition) is 2. The van der Waals surface area contributed by atoms with Gasteiger partial charge in [0.15, 0.2) is 0 Å². The molecule has 0 aromatic carbocycles. The number of carbonyl (C=O) groups excluding carboxylic acids is 1. The standard InChI is InChI=1S/C15H28N2O/c1-3-16-15(18)11(2)17-14-9-8-12-6-4-5-7-13(12)10-14/h11-14,17H,3-10H2,1-2H3,(H,16,18). The molecule has 0 aliphatic heterocycles. The van der Waals surface area contributed by atoms with Crippen molar-refractivity contribution in [1.82, 2.24) is 10.6 Å². The highest BCUT2D eigenvalue weighted by Crippen LogP contribution is 2.40. The van der Waals surface area contributed by atoms with Gasteiger partial charge in [-0.1, -0.05) is 25.7 Å². The molecule has 2 fully saturated rings. The van der Waals surface area contributed by atoms with Crippen LogP contribution >= 0.6 is 0 Å². The van der Waals surface area contributed by atoms with Crippen LogP contribution in [0, 0.1) is 11.8 Å². The quantitative estimate of drug-likeness (QED) is 0.807. The Hall–Kier alpha value is -0.570. The van der Waals surface area contributed by atoms with E-state index in [1.807, 2.05) is 13.8 Å². The maximum atomic E-state index is 11.7. The molecule has 0 radical (unpaired) electrons. The van der Waals surface area contributed by atoms with E-state index in [9.17, 15) is 4.79 Å². The van der Waals surface area contributed by atoms with Crippen molar-refractivity contribution in [1.29, 1.82) is 0 Å². The van der Waals surface area contributed by atoms with Crippen LogP contribution in [0.4, 0.5) is 0 Å². The van der Waals surface area contributed by atoms with Crippen LogP contribution in [0.1, 0.15) is 58.8 Å². The zero-order chi connectivity index (χ0) is 13.0. The molecule has 4 atom stereocenters. The highest BCUT2D eigenvalue weighted by molar-refractivity contribution is 5.81. The summed E-state index contributed by atoms with van der Waals surface area (Å²) in [5.74, 6) is 2.05. The predicted octanol–water partition coefficient (Wildman–Crippen LogP) is 2.46. The minimum Gasteiger partial charge on any atom is -0.355 e. The molecular weight excluding hydrogens is 224 g/mol. The molecule has 0 aromatic heterocycles. The van der Waals surface area contributed by atoms with E-state index in [2.05, 4.69) is 10.6 Å². The van der Waals surface area contributed by atoms with Crippen LogP contribution in [0.2, 0.25) is 0 Å². The molecule has 2 aliphatic rings. The second-order valence-electron chi connectivity index (χ2n) is 6.10. The molecule has 4 unspecified atom stereocenters. The van der Waals surface area contributed by atoms with Crippen molar-refractivity contribution in [3.8, 4) is 0 Å². The van der Waals surface area contributed by atoms with Gasteiger partial charge < -0.3 is 10.6 Å². The number of fused-ring (bicyclic) bond motifs is 1. The van der Waals surface area contributed by atoms with E-state index in [0.29, 0.717) is 6.04 Å². The number of carbonyl (C=O) groups is 1. The Morgan fingerprint density at radius 3 is 2.61 bits per heavy atom. The Morgan fingerprint density at radius 2 is 1.89 bits per heavy atom. The Bertz CT molecular complexity index is 280. The molecule has 0 spiro atoms. The summed E-state index contributed by atoms with van der Waals surface area (Å²) in [7, 11) is 0. The maximum Gasteiger partial charge on any atom is 0.236 e. The summed E-state index contributed by atoms with van der Waals surface area (Å²) in [5.41, 5.74) is 0. The molecule has 104 valence electrons. The van der Waals surface area contributed by atoms with Crippen LogP contribution in [0.15, 0.2) is 0 Å². The van der Waals surface area contributed by atoms with Gasteiger partial charge in [0.1, 0.15) is 0 Å². The Labute approximate surface area is 111 Å². The average molecular weight is 252 g/mol. The molecule has 2 saturated carbocycles. The fourth-order valence-electron chi connectivity index (χ4n) is 3.78. The van der Waals surface area contributed by atoms with Gasteiger partial charge in [-0.25, -0.2) is 0 Å². The SMILES string of the molecule is CCNC(=O)C(C)NC1CCC2CCCCC2C1. The summed E-state index contributed by atoms with van der Waals surface area (Å²) in [5, 5.41) is 6.41. The predicted molar refractivity (Wildman–Crippen MR) is 74.4 cm³/mol. The van der Waals surface area contributed by atoms with Gasteiger partial charge in [0.25, 0.3) is 0 Å². The van der Waals surface area contributed by atoms with Gasteiger partial charge in [0.05, 0.1) is 6.04 Å². The van der Waals surface area contributed by atoms with E-state index >= 15 is 0 Å². The zero-order valence-corrected chi connectivity index (χ0v) is 11.9. The normalized spacial score (nSPS) is 33.6. The third kappa shape index (κ3) is 3.47. The van der Waals surface area contributed by atoms with Gasteiger partial charge in [-0.2, -0.15) is 0 Å². The van der Waals surface area contributed by atoms with Crippen molar-refractivity contribution >= 4 is 5.91 Å². The molecule has 3 heteroatoms. The number of rotatable bonds is 4. The van der Waals surface area contributed by atoms with Crippen molar-refractivity contribution in [2.45, 2.75) is 70.9 Å². The molecule has 2 rings (SSSR count). The van der Waals surface area contributed by atoms with Crippen molar-refractivity contribution in [3.05, 3.63) is 0 Å². The molecule has 0 heterocycles. The average Bonchev–Trinajstić information content (AvgIpc) is 2.39. The van der Waals surface area contributed by atoms with Gasteiger partial charge in [0.2, 0.25) is 5.91 Å². The van der Waals surface area contributed by atoms with Crippen molar-refractivity contribution in [2.24, 2.45) is 11.8 Å². The largest absolute Gasteiger partial charge is 0.355 e. The van der Waals surface area contributed by atoms with Crippen LogP contribution in [-0.2, 0) is 4.79 Å². The first-order valence-electron chi connectivity index (χ1n) is 7.74.